The molecule has 1 aliphatic heterocycles. The molecule has 1 saturated heterocycles. The Morgan fingerprint density at radius 3 is 2.08 bits per heavy atom. The van der Waals surface area contributed by atoms with Crippen LogP contribution in [0.4, 0.5) is 0 Å². The van der Waals surface area contributed by atoms with Gasteiger partial charge in [0.1, 0.15) is 5.75 Å². The van der Waals surface area contributed by atoms with Gasteiger partial charge in [0.2, 0.25) is 11.8 Å². The summed E-state index contributed by atoms with van der Waals surface area (Å²) in [5.41, 5.74) is 2.34. The van der Waals surface area contributed by atoms with Gasteiger partial charge in [0.15, 0.2) is 0 Å². The standard InChI is InChI=1S/C20H21NO3/c1-24-17-9-7-16(8-10-17)18(15-5-3-2-4-6-15)13-14-21-19(22)11-12-20(21)23/h2-10,18H,11-14H2,1H3. The van der Waals surface area contributed by atoms with Crippen molar-refractivity contribution in [2.45, 2.75) is 25.2 Å². The van der Waals surface area contributed by atoms with E-state index in [1.165, 1.54) is 10.5 Å². The normalized spacial score (nSPS) is 15.6. The highest BCUT2D eigenvalue weighted by molar-refractivity contribution is 6.01. The number of rotatable bonds is 6. The van der Waals surface area contributed by atoms with Crippen LogP contribution in [0, 0.1) is 0 Å². The fourth-order valence-electron chi connectivity index (χ4n) is 3.18. The number of hydrogen-bond donors (Lipinski definition) is 0. The summed E-state index contributed by atoms with van der Waals surface area (Å²) in [6, 6.07) is 18.2. The molecule has 2 aromatic rings. The topological polar surface area (TPSA) is 46.6 Å². The van der Waals surface area contributed by atoms with Crippen molar-refractivity contribution in [1.29, 1.82) is 0 Å². The van der Waals surface area contributed by atoms with E-state index in [1.807, 2.05) is 42.5 Å². The first-order chi connectivity index (χ1) is 11.7. The van der Waals surface area contributed by atoms with Gasteiger partial charge in [-0.1, -0.05) is 42.5 Å². The number of benzene rings is 2. The van der Waals surface area contributed by atoms with Gasteiger partial charge in [-0.3, -0.25) is 14.5 Å². The van der Waals surface area contributed by atoms with E-state index in [0.29, 0.717) is 25.8 Å². The van der Waals surface area contributed by atoms with Crippen LogP contribution in [-0.2, 0) is 9.59 Å². The van der Waals surface area contributed by atoms with Gasteiger partial charge < -0.3 is 4.74 Å². The fraction of sp³-hybridized carbons (Fsp3) is 0.300. The molecule has 1 fully saturated rings. The first-order valence-electron chi connectivity index (χ1n) is 8.21. The van der Waals surface area contributed by atoms with Crippen LogP contribution in [0.3, 0.4) is 0 Å². The summed E-state index contributed by atoms with van der Waals surface area (Å²) in [6.07, 6.45) is 1.41. The number of imide groups is 1. The molecule has 24 heavy (non-hydrogen) atoms. The predicted octanol–water partition coefficient (Wildman–Crippen LogP) is 3.37. The van der Waals surface area contributed by atoms with Crippen molar-refractivity contribution in [3.05, 3.63) is 65.7 Å². The van der Waals surface area contributed by atoms with Crippen LogP contribution >= 0.6 is 0 Å². The molecule has 0 aromatic heterocycles. The van der Waals surface area contributed by atoms with Crippen molar-refractivity contribution in [3.63, 3.8) is 0 Å². The van der Waals surface area contributed by atoms with E-state index in [9.17, 15) is 9.59 Å². The molecule has 4 nitrogen and oxygen atoms in total. The smallest absolute Gasteiger partial charge is 0.229 e. The van der Waals surface area contributed by atoms with Crippen LogP contribution in [0.2, 0.25) is 0 Å². The molecule has 1 unspecified atom stereocenters. The lowest BCUT2D eigenvalue weighted by atomic mass is 9.88. The molecule has 1 atom stereocenters. The first-order valence-corrected chi connectivity index (χ1v) is 8.21. The van der Waals surface area contributed by atoms with Crippen LogP contribution in [0.5, 0.6) is 5.75 Å². The molecular weight excluding hydrogens is 302 g/mol. The van der Waals surface area contributed by atoms with Gasteiger partial charge in [-0.2, -0.15) is 0 Å². The number of carbonyl (C=O) groups is 2. The summed E-state index contributed by atoms with van der Waals surface area (Å²) in [4.78, 5) is 25.1. The third-order valence-corrected chi connectivity index (χ3v) is 4.52. The maximum atomic E-state index is 11.8. The summed E-state index contributed by atoms with van der Waals surface area (Å²) in [5, 5.41) is 0. The second-order valence-electron chi connectivity index (χ2n) is 5.96. The average molecular weight is 323 g/mol. The van der Waals surface area contributed by atoms with Crippen molar-refractivity contribution >= 4 is 11.8 Å². The Balaban J connectivity index is 1.82. The van der Waals surface area contributed by atoms with Crippen molar-refractivity contribution in [3.8, 4) is 5.75 Å². The minimum atomic E-state index is -0.0541. The Labute approximate surface area is 142 Å². The Morgan fingerprint density at radius 2 is 1.50 bits per heavy atom. The molecule has 0 radical (unpaired) electrons. The molecule has 0 aliphatic carbocycles. The molecular formula is C20H21NO3. The van der Waals surface area contributed by atoms with Gasteiger partial charge in [0.25, 0.3) is 0 Å². The highest BCUT2D eigenvalue weighted by Gasteiger charge is 2.29. The van der Waals surface area contributed by atoms with E-state index in [-0.39, 0.29) is 17.7 Å². The second kappa shape index (κ2) is 7.30. The van der Waals surface area contributed by atoms with Crippen LogP contribution in [0.15, 0.2) is 54.6 Å². The van der Waals surface area contributed by atoms with Crippen LogP contribution in [0.1, 0.15) is 36.3 Å². The van der Waals surface area contributed by atoms with Gasteiger partial charge in [0, 0.05) is 25.3 Å². The molecule has 2 aromatic carbocycles. The maximum absolute atomic E-state index is 11.8. The number of ether oxygens (including phenoxy) is 1. The summed E-state index contributed by atoms with van der Waals surface area (Å²) in [6.45, 7) is 0.462. The van der Waals surface area contributed by atoms with Crippen LogP contribution < -0.4 is 4.74 Å². The zero-order valence-corrected chi connectivity index (χ0v) is 13.8. The summed E-state index contributed by atoms with van der Waals surface area (Å²) < 4.78 is 5.23. The minimum Gasteiger partial charge on any atom is -0.497 e. The molecule has 2 amide bonds. The molecule has 0 N–H and O–H groups in total. The first kappa shape index (κ1) is 16.2. The van der Waals surface area contributed by atoms with E-state index >= 15 is 0 Å². The van der Waals surface area contributed by atoms with E-state index in [4.69, 9.17) is 4.74 Å². The molecule has 124 valence electrons. The number of amides is 2. The van der Waals surface area contributed by atoms with Gasteiger partial charge in [-0.15, -0.1) is 0 Å². The minimum absolute atomic E-state index is 0.0541. The molecule has 3 rings (SSSR count). The maximum Gasteiger partial charge on any atom is 0.229 e. The summed E-state index contributed by atoms with van der Waals surface area (Å²) in [7, 11) is 1.65. The monoisotopic (exact) mass is 323 g/mol. The Kier molecular flexibility index (Phi) is 4.94. The van der Waals surface area contributed by atoms with Gasteiger partial charge >= 0.3 is 0 Å². The van der Waals surface area contributed by atoms with E-state index < -0.39 is 0 Å². The van der Waals surface area contributed by atoms with Crippen LogP contribution in [0.25, 0.3) is 0 Å². The molecule has 1 heterocycles. The van der Waals surface area contributed by atoms with E-state index in [2.05, 4.69) is 12.1 Å². The van der Waals surface area contributed by atoms with Gasteiger partial charge in [-0.05, 0) is 29.7 Å². The number of nitrogens with zero attached hydrogens (tertiary/aromatic N) is 1. The van der Waals surface area contributed by atoms with E-state index in [1.54, 1.807) is 7.11 Å². The molecule has 0 saturated carbocycles. The van der Waals surface area contributed by atoms with Crippen molar-refractivity contribution in [2.75, 3.05) is 13.7 Å². The second-order valence-corrected chi connectivity index (χ2v) is 5.96. The number of methoxy groups -OCH3 is 1. The van der Waals surface area contributed by atoms with Crippen molar-refractivity contribution < 1.29 is 14.3 Å². The molecule has 0 bridgehead atoms. The van der Waals surface area contributed by atoms with Gasteiger partial charge in [0.05, 0.1) is 7.11 Å². The Hall–Kier alpha value is -2.62. The summed E-state index contributed by atoms with van der Waals surface area (Å²) in [5.74, 6) is 0.844. The lowest BCUT2D eigenvalue weighted by Gasteiger charge is -2.21. The Morgan fingerprint density at radius 1 is 0.917 bits per heavy atom. The van der Waals surface area contributed by atoms with E-state index in [0.717, 1.165) is 11.3 Å². The number of hydrogen-bond acceptors (Lipinski definition) is 3. The zero-order valence-electron chi connectivity index (χ0n) is 13.8. The largest absolute Gasteiger partial charge is 0.497 e. The summed E-state index contributed by atoms with van der Waals surface area (Å²) >= 11 is 0. The highest BCUT2D eigenvalue weighted by Crippen LogP contribution is 2.30. The quantitative estimate of drug-likeness (QED) is 0.766. The Bertz CT molecular complexity index is 693. The average Bonchev–Trinajstić information content (AvgIpc) is 2.95. The van der Waals surface area contributed by atoms with Crippen molar-refractivity contribution in [2.24, 2.45) is 0 Å². The third-order valence-electron chi connectivity index (χ3n) is 4.52. The lowest BCUT2D eigenvalue weighted by molar-refractivity contribution is -0.138. The van der Waals surface area contributed by atoms with Crippen LogP contribution in [-0.4, -0.2) is 30.4 Å². The van der Waals surface area contributed by atoms with Crippen molar-refractivity contribution in [1.82, 2.24) is 4.90 Å². The predicted molar refractivity (Wildman–Crippen MR) is 91.9 cm³/mol. The number of likely N-dealkylation sites (tertiary alicyclic amines) is 1. The fourth-order valence-corrected chi connectivity index (χ4v) is 3.18. The number of carbonyl (C=O) groups excluding carboxylic acids is 2. The molecule has 1 aliphatic rings. The third kappa shape index (κ3) is 3.48. The SMILES string of the molecule is COc1ccc(C(CCN2C(=O)CCC2=O)c2ccccc2)cc1. The molecule has 0 spiro atoms. The lowest BCUT2D eigenvalue weighted by Crippen LogP contribution is -2.31. The van der Waals surface area contributed by atoms with Gasteiger partial charge in [-0.25, -0.2) is 0 Å². The molecule has 4 heteroatoms. The highest BCUT2D eigenvalue weighted by atomic mass is 16.5. The zero-order chi connectivity index (χ0) is 16.9.